The summed E-state index contributed by atoms with van der Waals surface area (Å²) in [7, 11) is 0. The largest absolute Gasteiger partial charge is 0.393 e. The molecule has 1 N–H and O–H groups in total. The van der Waals surface area contributed by atoms with E-state index in [4.69, 9.17) is 0 Å². The predicted octanol–water partition coefficient (Wildman–Crippen LogP) is 2.47. The second-order valence-electron chi connectivity index (χ2n) is 6.56. The molecule has 1 amide bonds. The van der Waals surface area contributed by atoms with Gasteiger partial charge >= 0.3 is 0 Å². The number of hydrogen-bond acceptors (Lipinski definition) is 2. The van der Waals surface area contributed by atoms with E-state index in [1.165, 1.54) is 12.8 Å². The van der Waals surface area contributed by atoms with Crippen LogP contribution in [0, 0.1) is 5.41 Å². The van der Waals surface area contributed by atoms with Crippen molar-refractivity contribution in [1.29, 1.82) is 0 Å². The highest BCUT2D eigenvalue weighted by atomic mass is 16.3. The predicted molar refractivity (Wildman–Crippen MR) is 70.1 cm³/mol. The minimum Gasteiger partial charge on any atom is -0.393 e. The molecule has 2 saturated heterocycles. The van der Waals surface area contributed by atoms with Crippen LogP contribution >= 0.6 is 0 Å². The monoisotopic (exact) mass is 251 g/mol. The highest BCUT2D eigenvalue weighted by Crippen LogP contribution is 2.46. The lowest BCUT2D eigenvalue weighted by molar-refractivity contribution is -0.148. The maximum absolute atomic E-state index is 13.0. The summed E-state index contributed by atoms with van der Waals surface area (Å²) >= 11 is 0. The van der Waals surface area contributed by atoms with E-state index >= 15 is 0 Å². The fourth-order valence-electron chi connectivity index (χ4n) is 4.52. The van der Waals surface area contributed by atoms with Crippen molar-refractivity contribution in [3.05, 3.63) is 0 Å². The number of carbonyl (C=O) groups excluding carboxylic acids is 1. The molecule has 0 spiro atoms. The molecule has 2 aliphatic heterocycles. The summed E-state index contributed by atoms with van der Waals surface area (Å²) < 4.78 is 0. The van der Waals surface area contributed by atoms with Crippen molar-refractivity contribution in [2.24, 2.45) is 5.41 Å². The Labute approximate surface area is 110 Å². The summed E-state index contributed by atoms with van der Waals surface area (Å²) in [6.45, 7) is 2.17. The summed E-state index contributed by atoms with van der Waals surface area (Å²) in [5.41, 5.74) is -0.0524. The molecule has 2 bridgehead atoms. The molecule has 3 fully saturated rings. The van der Waals surface area contributed by atoms with Crippen molar-refractivity contribution in [2.75, 3.05) is 0 Å². The number of hydrogen-bond donors (Lipinski definition) is 1. The van der Waals surface area contributed by atoms with Crippen molar-refractivity contribution in [3.8, 4) is 0 Å². The first-order valence-electron chi connectivity index (χ1n) is 7.67. The second-order valence-corrected chi connectivity index (χ2v) is 6.56. The van der Waals surface area contributed by atoms with Crippen LogP contribution in [-0.2, 0) is 4.79 Å². The second kappa shape index (κ2) is 4.52. The summed E-state index contributed by atoms with van der Waals surface area (Å²) in [5.74, 6) is 0.418. The van der Waals surface area contributed by atoms with Gasteiger partial charge in [-0.2, -0.15) is 0 Å². The zero-order valence-electron chi connectivity index (χ0n) is 11.4. The van der Waals surface area contributed by atoms with Crippen molar-refractivity contribution < 1.29 is 9.90 Å². The van der Waals surface area contributed by atoms with Gasteiger partial charge in [0.15, 0.2) is 0 Å². The van der Waals surface area contributed by atoms with Crippen LogP contribution in [0.5, 0.6) is 0 Å². The molecule has 2 atom stereocenters. The van der Waals surface area contributed by atoms with E-state index in [1.54, 1.807) is 0 Å². The third kappa shape index (κ3) is 1.78. The third-order valence-corrected chi connectivity index (χ3v) is 5.63. The van der Waals surface area contributed by atoms with E-state index in [2.05, 4.69) is 11.8 Å². The Morgan fingerprint density at radius 1 is 1.22 bits per heavy atom. The van der Waals surface area contributed by atoms with Crippen LogP contribution in [0.1, 0.15) is 64.7 Å². The number of aliphatic hydroxyl groups is 1. The number of amides is 1. The van der Waals surface area contributed by atoms with E-state index < -0.39 is 0 Å². The van der Waals surface area contributed by atoms with Crippen LogP contribution in [0.15, 0.2) is 0 Å². The standard InChI is InChI=1S/C15H25NO2/c1-2-15(7-3-4-8-15)14(18)16-11-5-6-12(16)10-13(17)9-11/h11-13,17H,2-10H2,1H3. The van der Waals surface area contributed by atoms with Gasteiger partial charge in [0.25, 0.3) is 0 Å². The molecular weight excluding hydrogens is 226 g/mol. The van der Waals surface area contributed by atoms with Gasteiger partial charge in [-0.05, 0) is 44.9 Å². The van der Waals surface area contributed by atoms with Crippen LogP contribution in [0.4, 0.5) is 0 Å². The normalized spacial score (nSPS) is 38.1. The van der Waals surface area contributed by atoms with E-state index in [1.807, 2.05) is 0 Å². The fourth-order valence-corrected chi connectivity index (χ4v) is 4.52. The number of nitrogens with zero attached hydrogens (tertiary/aromatic N) is 1. The Balaban J connectivity index is 1.80. The van der Waals surface area contributed by atoms with Gasteiger partial charge in [-0.15, -0.1) is 0 Å². The molecule has 2 unspecified atom stereocenters. The molecule has 0 aromatic heterocycles. The topological polar surface area (TPSA) is 40.5 Å². The Morgan fingerprint density at radius 2 is 1.78 bits per heavy atom. The fraction of sp³-hybridized carbons (Fsp3) is 0.933. The summed E-state index contributed by atoms with van der Waals surface area (Å²) in [6, 6.07) is 0.658. The van der Waals surface area contributed by atoms with Crippen molar-refractivity contribution in [3.63, 3.8) is 0 Å². The van der Waals surface area contributed by atoms with E-state index in [0.717, 1.165) is 44.9 Å². The smallest absolute Gasteiger partial charge is 0.229 e. The minimum absolute atomic E-state index is 0.0524. The zero-order valence-corrected chi connectivity index (χ0v) is 11.4. The zero-order chi connectivity index (χ0) is 12.8. The third-order valence-electron chi connectivity index (χ3n) is 5.63. The Kier molecular flexibility index (Phi) is 3.13. The molecule has 0 aromatic carbocycles. The Morgan fingerprint density at radius 3 is 2.28 bits per heavy atom. The first-order chi connectivity index (χ1) is 8.66. The maximum Gasteiger partial charge on any atom is 0.229 e. The lowest BCUT2D eigenvalue weighted by atomic mass is 9.80. The number of rotatable bonds is 2. The van der Waals surface area contributed by atoms with Gasteiger partial charge in [-0.1, -0.05) is 19.8 Å². The van der Waals surface area contributed by atoms with Crippen LogP contribution in [0.25, 0.3) is 0 Å². The Bertz CT molecular complexity index is 321. The van der Waals surface area contributed by atoms with Gasteiger partial charge in [-0.3, -0.25) is 4.79 Å². The molecule has 1 aliphatic carbocycles. The van der Waals surface area contributed by atoms with E-state index in [-0.39, 0.29) is 11.5 Å². The van der Waals surface area contributed by atoms with E-state index in [9.17, 15) is 9.90 Å². The quantitative estimate of drug-likeness (QED) is 0.819. The molecule has 3 nitrogen and oxygen atoms in total. The van der Waals surface area contributed by atoms with Gasteiger partial charge in [0, 0.05) is 17.5 Å². The average Bonchev–Trinajstić information content (AvgIpc) is 2.93. The van der Waals surface area contributed by atoms with Crippen LogP contribution < -0.4 is 0 Å². The highest BCUT2D eigenvalue weighted by molar-refractivity contribution is 5.84. The number of aliphatic hydroxyl groups excluding tert-OH is 1. The lowest BCUT2D eigenvalue weighted by Crippen LogP contribution is -2.53. The van der Waals surface area contributed by atoms with Crippen LogP contribution in [0.2, 0.25) is 0 Å². The lowest BCUT2D eigenvalue weighted by Gasteiger charge is -2.42. The average molecular weight is 251 g/mol. The summed E-state index contributed by atoms with van der Waals surface area (Å²) in [4.78, 5) is 15.1. The Hall–Kier alpha value is -0.570. The molecule has 3 rings (SSSR count). The number of fused-ring (bicyclic) bond motifs is 2. The molecule has 102 valence electrons. The number of carbonyl (C=O) groups is 1. The van der Waals surface area contributed by atoms with Crippen molar-refractivity contribution >= 4 is 5.91 Å². The molecule has 18 heavy (non-hydrogen) atoms. The number of piperidine rings is 1. The summed E-state index contributed by atoms with van der Waals surface area (Å²) in [6.07, 6.45) is 9.24. The molecule has 3 aliphatic rings. The molecule has 0 radical (unpaired) electrons. The van der Waals surface area contributed by atoms with Gasteiger partial charge in [0.05, 0.1) is 6.10 Å². The van der Waals surface area contributed by atoms with Crippen LogP contribution in [0.3, 0.4) is 0 Å². The molecule has 2 heterocycles. The maximum atomic E-state index is 13.0. The molecular formula is C15H25NO2. The van der Waals surface area contributed by atoms with Crippen molar-refractivity contribution in [1.82, 2.24) is 4.90 Å². The van der Waals surface area contributed by atoms with Gasteiger partial charge in [0.1, 0.15) is 0 Å². The van der Waals surface area contributed by atoms with Gasteiger partial charge in [-0.25, -0.2) is 0 Å². The van der Waals surface area contributed by atoms with Gasteiger partial charge in [0.2, 0.25) is 5.91 Å². The van der Waals surface area contributed by atoms with Crippen LogP contribution in [-0.4, -0.2) is 34.1 Å². The molecule has 0 aromatic rings. The van der Waals surface area contributed by atoms with E-state index in [0.29, 0.717) is 18.0 Å². The molecule has 1 saturated carbocycles. The van der Waals surface area contributed by atoms with Gasteiger partial charge < -0.3 is 10.0 Å². The first-order valence-corrected chi connectivity index (χ1v) is 7.67. The minimum atomic E-state index is -0.173. The summed E-state index contributed by atoms with van der Waals surface area (Å²) in [5, 5.41) is 9.84. The first kappa shape index (κ1) is 12.5. The molecule has 3 heteroatoms. The SMILES string of the molecule is CCC1(C(=O)N2C3CCC2CC(O)C3)CCCC1. The highest BCUT2D eigenvalue weighted by Gasteiger charge is 2.49. The van der Waals surface area contributed by atoms with Crippen molar-refractivity contribution in [2.45, 2.75) is 82.9 Å².